The second-order valence-electron chi connectivity index (χ2n) is 18.2. The number of rotatable bonds is 5. The van der Waals surface area contributed by atoms with Crippen LogP contribution in [0.15, 0.2) is 140 Å². The third kappa shape index (κ3) is 6.79. The van der Waals surface area contributed by atoms with Crippen molar-refractivity contribution in [2.24, 2.45) is 0 Å². The number of phenolic OH excluding ortho intramolecular Hbond substituents is 1. The van der Waals surface area contributed by atoms with E-state index < -0.39 is 0 Å². The number of para-hydroxylation sites is 2. The second-order valence-corrected chi connectivity index (χ2v) is 18.2. The van der Waals surface area contributed by atoms with Gasteiger partial charge in [-0.2, -0.15) is 0 Å². The first-order valence-electron chi connectivity index (χ1n) is 19.6. The van der Waals surface area contributed by atoms with Crippen LogP contribution in [0.3, 0.4) is 0 Å². The lowest BCUT2D eigenvalue weighted by Crippen LogP contribution is -2.17. The molecule has 4 nitrogen and oxygen atoms in total. The Morgan fingerprint density at radius 3 is 1.84 bits per heavy atom. The lowest BCUT2D eigenvalue weighted by molar-refractivity contribution is 0.446. The van der Waals surface area contributed by atoms with Crippen molar-refractivity contribution in [2.45, 2.75) is 78.6 Å². The minimum atomic E-state index is -0.301. The molecule has 4 heteroatoms. The molecule has 2 heterocycles. The molecule has 0 radical (unpaired) electrons. The lowest BCUT2D eigenvalue weighted by Gasteiger charge is -2.27. The molecular formula is C52H51N3O. The number of aromatic nitrogens is 3. The van der Waals surface area contributed by atoms with Crippen LogP contribution in [0.2, 0.25) is 0 Å². The van der Waals surface area contributed by atoms with E-state index in [9.17, 15) is 5.11 Å². The van der Waals surface area contributed by atoms with Crippen LogP contribution >= 0.6 is 0 Å². The number of benzene rings is 6. The van der Waals surface area contributed by atoms with Crippen LogP contribution < -0.4 is 0 Å². The number of imidazole rings is 1. The van der Waals surface area contributed by atoms with Gasteiger partial charge in [0.25, 0.3) is 0 Å². The Morgan fingerprint density at radius 2 is 1.12 bits per heavy atom. The zero-order valence-corrected chi connectivity index (χ0v) is 34.1. The number of nitrogens with zero attached hydrogens (tertiary/aromatic N) is 3. The van der Waals surface area contributed by atoms with Crippen molar-refractivity contribution in [3.05, 3.63) is 156 Å². The summed E-state index contributed by atoms with van der Waals surface area (Å²) in [7, 11) is 0. The number of aromatic hydroxyl groups is 1. The Labute approximate surface area is 331 Å². The summed E-state index contributed by atoms with van der Waals surface area (Å²) in [6, 6.07) is 47.2. The minimum Gasteiger partial charge on any atom is -0.507 e. The molecule has 0 atom stereocenters. The molecule has 8 rings (SSSR count). The van der Waals surface area contributed by atoms with Crippen molar-refractivity contribution in [3.63, 3.8) is 0 Å². The van der Waals surface area contributed by atoms with Gasteiger partial charge < -0.3 is 5.11 Å². The maximum atomic E-state index is 12.3. The molecule has 280 valence electrons. The Hall–Kier alpha value is -6.00. The van der Waals surface area contributed by atoms with E-state index in [-0.39, 0.29) is 22.0 Å². The molecule has 0 saturated heterocycles. The van der Waals surface area contributed by atoms with Gasteiger partial charge in [-0.25, -0.2) is 4.98 Å². The Bertz CT molecular complexity index is 2750. The van der Waals surface area contributed by atoms with E-state index >= 15 is 0 Å². The predicted molar refractivity (Wildman–Crippen MR) is 236 cm³/mol. The summed E-state index contributed by atoms with van der Waals surface area (Å²) in [5.41, 5.74) is 12.5. The molecule has 56 heavy (non-hydrogen) atoms. The van der Waals surface area contributed by atoms with Gasteiger partial charge in [0.1, 0.15) is 11.6 Å². The summed E-state index contributed by atoms with van der Waals surface area (Å²) in [6.45, 7) is 19.9. The van der Waals surface area contributed by atoms with Crippen molar-refractivity contribution in [1.82, 2.24) is 14.5 Å². The number of pyridine rings is 1. The van der Waals surface area contributed by atoms with Gasteiger partial charge in [-0.05, 0) is 80.3 Å². The first-order valence-corrected chi connectivity index (χ1v) is 19.6. The predicted octanol–water partition coefficient (Wildman–Crippen LogP) is 13.8. The fourth-order valence-corrected chi connectivity index (χ4v) is 7.70. The lowest BCUT2D eigenvalue weighted by atomic mass is 9.79. The SMILES string of the molecule is CC(C)(C)c1cc(-c2cc3ccccc3cn2)cc(-c2cccc3c2nc(-c2cc(C(C)(C)C)cc(C(C)(C)C)c2O)n3-c2ccccc2-c2ccccc2)c1. The van der Waals surface area contributed by atoms with Gasteiger partial charge in [-0.1, -0.05) is 159 Å². The maximum Gasteiger partial charge on any atom is 0.149 e. The third-order valence-electron chi connectivity index (χ3n) is 11.0. The van der Waals surface area contributed by atoms with Crippen LogP contribution in [-0.2, 0) is 16.2 Å². The van der Waals surface area contributed by atoms with Gasteiger partial charge in [-0.15, -0.1) is 0 Å². The Kier molecular flexibility index (Phi) is 9.00. The summed E-state index contributed by atoms with van der Waals surface area (Å²) in [5.74, 6) is 0.966. The zero-order chi connectivity index (χ0) is 39.6. The average molecular weight is 734 g/mol. The molecule has 1 N–H and O–H groups in total. The zero-order valence-electron chi connectivity index (χ0n) is 34.1. The molecule has 0 amide bonds. The van der Waals surface area contributed by atoms with Gasteiger partial charge in [0.15, 0.2) is 0 Å². The summed E-state index contributed by atoms with van der Waals surface area (Å²) < 4.78 is 2.26. The topological polar surface area (TPSA) is 50.9 Å². The molecular weight excluding hydrogens is 683 g/mol. The number of hydrogen-bond acceptors (Lipinski definition) is 3. The van der Waals surface area contributed by atoms with E-state index in [1.807, 2.05) is 12.3 Å². The second kappa shape index (κ2) is 13.6. The number of phenols is 1. The quantitative estimate of drug-likeness (QED) is 0.192. The first kappa shape index (κ1) is 36.9. The van der Waals surface area contributed by atoms with Crippen molar-refractivity contribution >= 4 is 21.8 Å². The summed E-state index contributed by atoms with van der Waals surface area (Å²) >= 11 is 0. The number of hydrogen-bond donors (Lipinski definition) is 1. The minimum absolute atomic E-state index is 0.114. The summed E-state index contributed by atoms with van der Waals surface area (Å²) in [5, 5.41) is 14.6. The smallest absolute Gasteiger partial charge is 0.149 e. The van der Waals surface area contributed by atoms with Gasteiger partial charge >= 0.3 is 0 Å². The average Bonchev–Trinajstić information content (AvgIpc) is 3.56. The van der Waals surface area contributed by atoms with Crippen molar-refractivity contribution in [3.8, 4) is 56.3 Å². The van der Waals surface area contributed by atoms with E-state index in [1.165, 1.54) is 5.56 Å². The molecule has 0 bridgehead atoms. The molecule has 8 aromatic rings. The van der Waals surface area contributed by atoms with Crippen LogP contribution in [0.25, 0.3) is 72.4 Å². The van der Waals surface area contributed by atoms with Crippen molar-refractivity contribution in [1.29, 1.82) is 0 Å². The van der Waals surface area contributed by atoms with Gasteiger partial charge in [-0.3, -0.25) is 9.55 Å². The van der Waals surface area contributed by atoms with E-state index in [0.29, 0.717) is 5.82 Å². The normalized spacial score (nSPS) is 12.4. The highest BCUT2D eigenvalue weighted by Crippen LogP contribution is 2.45. The summed E-state index contributed by atoms with van der Waals surface area (Å²) in [6.07, 6.45) is 1.97. The van der Waals surface area contributed by atoms with Gasteiger partial charge in [0.05, 0.1) is 28.0 Å². The largest absolute Gasteiger partial charge is 0.507 e. The molecule has 0 spiro atoms. The van der Waals surface area contributed by atoms with E-state index in [0.717, 1.165) is 77.7 Å². The first-order chi connectivity index (χ1) is 26.6. The maximum absolute atomic E-state index is 12.3. The monoisotopic (exact) mass is 733 g/mol. The van der Waals surface area contributed by atoms with E-state index in [1.54, 1.807) is 0 Å². The summed E-state index contributed by atoms with van der Waals surface area (Å²) in [4.78, 5) is 10.6. The molecule has 0 aliphatic rings. The molecule has 0 aliphatic heterocycles. The van der Waals surface area contributed by atoms with Crippen LogP contribution in [0, 0.1) is 0 Å². The van der Waals surface area contributed by atoms with Crippen LogP contribution in [-0.4, -0.2) is 19.6 Å². The van der Waals surface area contributed by atoms with Crippen molar-refractivity contribution < 1.29 is 5.11 Å². The standard InChI is InChI=1S/C52H51N3O/c1-50(2,3)38-27-36(26-37(28-38)44-29-34-20-13-14-21-35(34)32-53-44)41-23-17-25-46-47(41)54-49(42-30-39(51(4,5)6)31-43(48(42)56)52(7,8)9)55(46)45-24-16-15-22-40(45)33-18-11-10-12-19-33/h10-32,56H,1-9H3. The molecule has 0 aliphatic carbocycles. The van der Waals surface area contributed by atoms with Crippen LogP contribution in [0.5, 0.6) is 5.75 Å². The van der Waals surface area contributed by atoms with Gasteiger partial charge in [0.2, 0.25) is 0 Å². The Balaban J connectivity index is 1.46. The fourth-order valence-electron chi connectivity index (χ4n) is 7.70. The highest BCUT2D eigenvalue weighted by atomic mass is 16.3. The van der Waals surface area contributed by atoms with Crippen molar-refractivity contribution in [2.75, 3.05) is 0 Å². The van der Waals surface area contributed by atoms with E-state index in [4.69, 9.17) is 9.97 Å². The fraction of sp³-hybridized carbons (Fsp3) is 0.231. The molecule has 6 aromatic carbocycles. The van der Waals surface area contributed by atoms with Crippen LogP contribution in [0.1, 0.15) is 79.0 Å². The Morgan fingerprint density at radius 1 is 0.500 bits per heavy atom. The molecule has 0 unspecified atom stereocenters. The van der Waals surface area contributed by atoms with E-state index in [2.05, 4.69) is 194 Å². The highest BCUT2D eigenvalue weighted by molar-refractivity contribution is 5.98. The van der Waals surface area contributed by atoms with Gasteiger partial charge in [0, 0.05) is 33.8 Å². The third-order valence-corrected chi connectivity index (χ3v) is 11.0. The highest BCUT2D eigenvalue weighted by Gasteiger charge is 2.29. The molecule has 0 fully saturated rings. The molecule has 0 saturated carbocycles. The van der Waals surface area contributed by atoms with Crippen LogP contribution in [0.4, 0.5) is 0 Å². The molecule has 2 aromatic heterocycles. The number of fused-ring (bicyclic) bond motifs is 2.